The van der Waals surface area contributed by atoms with E-state index in [-0.39, 0.29) is 17.6 Å². The number of hydrogen-bond acceptors (Lipinski definition) is 4. The Morgan fingerprint density at radius 1 is 1.13 bits per heavy atom. The molecule has 0 aliphatic carbocycles. The first-order valence-corrected chi connectivity index (χ1v) is 10.1. The summed E-state index contributed by atoms with van der Waals surface area (Å²) in [5.41, 5.74) is 2.22. The van der Waals surface area contributed by atoms with Gasteiger partial charge in [0.2, 0.25) is 5.91 Å². The minimum absolute atomic E-state index is 0.0561. The van der Waals surface area contributed by atoms with Gasteiger partial charge in [-0.1, -0.05) is 24.3 Å². The van der Waals surface area contributed by atoms with Crippen molar-refractivity contribution in [1.29, 1.82) is 0 Å². The Morgan fingerprint density at radius 2 is 1.87 bits per heavy atom. The number of nitrogens with one attached hydrogen (secondary N) is 1. The highest BCUT2D eigenvalue weighted by Crippen LogP contribution is 2.23. The van der Waals surface area contributed by atoms with Crippen molar-refractivity contribution in [3.63, 3.8) is 0 Å². The van der Waals surface area contributed by atoms with Gasteiger partial charge in [0.25, 0.3) is 5.91 Å². The SMILES string of the molecule is CN(C)C(=O)c1cccc(CCNC(=O)C(c2cccc(F)c2)N2CCOCC2)c1. The molecule has 2 amide bonds. The summed E-state index contributed by atoms with van der Waals surface area (Å²) in [5.74, 6) is -0.580. The standard InChI is InChI=1S/C23H28FN3O3/c1-26(2)23(29)19-7-3-5-17(15-19)9-10-25-22(28)21(27-11-13-30-14-12-27)18-6-4-8-20(24)16-18/h3-8,15-16,21H,9-14H2,1-2H3,(H,25,28). The maximum absolute atomic E-state index is 13.8. The van der Waals surface area contributed by atoms with E-state index in [1.165, 1.54) is 17.0 Å². The molecule has 30 heavy (non-hydrogen) atoms. The van der Waals surface area contributed by atoms with Crippen molar-refractivity contribution >= 4 is 11.8 Å². The molecule has 0 radical (unpaired) electrons. The number of rotatable bonds is 7. The zero-order valence-electron chi connectivity index (χ0n) is 17.4. The van der Waals surface area contributed by atoms with Crippen molar-refractivity contribution in [2.75, 3.05) is 46.9 Å². The van der Waals surface area contributed by atoms with Crippen LogP contribution in [0.25, 0.3) is 0 Å². The quantitative estimate of drug-likeness (QED) is 0.757. The van der Waals surface area contributed by atoms with Crippen molar-refractivity contribution in [3.8, 4) is 0 Å². The molecule has 0 bridgehead atoms. The van der Waals surface area contributed by atoms with Crippen LogP contribution in [0.15, 0.2) is 48.5 Å². The molecule has 2 aromatic carbocycles. The van der Waals surface area contributed by atoms with E-state index in [2.05, 4.69) is 5.32 Å². The first-order valence-electron chi connectivity index (χ1n) is 10.1. The van der Waals surface area contributed by atoms with E-state index in [1.54, 1.807) is 32.3 Å². The van der Waals surface area contributed by atoms with Gasteiger partial charge >= 0.3 is 0 Å². The van der Waals surface area contributed by atoms with Crippen LogP contribution in [0.2, 0.25) is 0 Å². The van der Waals surface area contributed by atoms with Crippen LogP contribution in [0.3, 0.4) is 0 Å². The number of hydrogen-bond donors (Lipinski definition) is 1. The Morgan fingerprint density at radius 3 is 2.57 bits per heavy atom. The first kappa shape index (κ1) is 21.9. The first-order chi connectivity index (χ1) is 14.5. The number of halogens is 1. The molecule has 0 spiro atoms. The highest BCUT2D eigenvalue weighted by Gasteiger charge is 2.29. The average molecular weight is 413 g/mol. The van der Waals surface area contributed by atoms with Gasteiger partial charge in [-0.25, -0.2) is 4.39 Å². The summed E-state index contributed by atoms with van der Waals surface area (Å²) in [5, 5.41) is 2.98. The number of benzene rings is 2. The van der Waals surface area contributed by atoms with Gasteiger partial charge in [-0.2, -0.15) is 0 Å². The minimum Gasteiger partial charge on any atom is -0.379 e. The summed E-state index contributed by atoms with van der Waals surface area (Å²) < 4.78 is 19.2. The van der Waals surface area contributed by atoms with E-state index in [9.17, 15) is 14.0 Å². The van der Waals surface area contributed by atoms with Crippen LogP contribution in [0.4, 0.5) is 4.39 Å². The number of morpholine rings is 1. The third-order valence-electron chi connectivity index (χ3n) is 5.12. The molecule has 1 unspecified atom stereocenters. The third kappa shape index (κ3) is 5.64. The van der Waals surface area contributed by atoms with Crippen molar-refractivity contribution in [2.45, 2.75) is 12.5 Å². The monoisotopic (exact) mass is 413 g/mol. The predicted octanol–water partition coefficient (Wildman–Crippen LogP) is 2.26. The Kier molecular flexibility index (Phi) is 7.54. The van der Waals surface area contributed by atoms with Crippen LogP contribution in [0, 0.1) is 5.82 Å². The van der Waals surface area contributed by atoms with Crippen molar-refractivity contribution in [3.05, 3.63) is 71.0 Å². The molecule has 2 aromatic rings. The Bertz CT molecular complexity index is 882. The fraction of sp³-hybridized carbons (Fsp3) is 0.391. The van der Waals surface area contributed by atoms with Crippen LogP contribution in [-0.4, -0.2) is 68.6 Å². The highest BCUT2D eigenvalue weighted by atomic mass is 19.1. The number of carbonyl (C=O) groups is 2. The Hall–Kier alpha value is -2.77. The fourth-order valence-electron chi connectivity index (χ4n) is 3.59. The summed E-state index contributed by atoms with van der Waals surface area (Å²) in [4.78, 5) is 28.7. The van der Waals surface area contributed by atoms with Crippen molar-refractivity contribution in [1.82, 2.24) is 15.1 Å². The van der Waals surface area contributed by atoms with Crippen LogP contribution in [0.1, 0.15) is 27.5 Å². The van der Waals surface area contributed by atoms with E-state index in [0.29, 0.717) is 50.4 Å². The normalized spacial score (nSPS) is 15.4. The molecular formula is C23H28FN3O3. The molecule has 1 atom stereocenters. The van der Waals surface area contributed by atoms with Gasteiger partial charge in [-0.3, -0.25) is 14.5 Å². The molecule has 6 nitrogen and oxygen atoms in total. The summed E-state index contributed by atoms with van der Waals surface area (Å²) in [6, 6.07) is 13.0. The molecule has 1 aliphatic heterocycles. The minimum atomic E-state index is -0.564. The molecule has 0 saturated carbocycles. The van der Waals surface area contributed by atoms with Crippen LogP contribution >= 0.6 is 0 Å². The van der Waals surface area contributed by atoms with Crippen LogP contribution < -0.4 is 5.32 Å². The van der Waals surface area contributed by atoms with Gasteiger partial charge in [0, 0.05) is 39.3 Å². The zero-order chi connectivity index (χ0) is 21.5. The van der Waals surface area contributed by atoms with Gasteiger partial charge in [0.1, 0.15) is 11.9 Å². The fourth-order valence-corrected chi connectivity index (χ4v) is 3.59. The predicted molar refractivity (Wildman–Crippen MR) is 113 cm³/mol. The number of ether oxygens (including phenoxy) is 1. The lowest BCUT2D eigenvalue weighted by molar-refractivity contribution is -0.128. The van der Waals surface area contributed by atoms with Gasteiger partial charge in [0.05, 0.1) is 13.2 Å². The molecule has 1 N–H and O–H groups in total. The average Bonchev–Trinajstić information content (AvgIpc) is 2.74. The van der Waals surface area contributed by atoms with Crippen molar-refractivity contribution < 1.29 is 18.7 Å². The molecule has 1 heterocycles. The van der Waals surface area contributed by atoms with Crippen molar-refractivity contribution in [2.24, 2.45) is 0 Å². The lowest BCUT2D eigenvalue weighted by atomic mass is 10.0. The summed E-state index contributed by atoms with van der Waals surface area (Å²) in [6.45, 7) is 2.75. The third-order valence-corrected chi connectivity index (χ3v) is 5.12. The summed E-state index contributed by atoms with van der Waals surface area (Å²) in [7, 11) is 3.43. The largest absolute Gasteiger partial charge is 0.379 e. The maximum atomic E-state index is 13.8. The molecule has 1 aliphatic rings. The lowest BCUT2D eigenvalue weighted by Crippen LogP contribution is -2.46. The van der Waals surface area contributed by atoms with Crippen LogP contribution in [-0.2, 0) is 16.0 Å². The number of carbonyl (C=O) groups excluding carboxylic acids is 2. The van der Waals surface area contributed by atoms with E-state index in [4.69, 9.17) is 4.74 Å². The molecule has 3 rings (SSSR count). The molecule has 0 aromatic heterocycles. The van der Waals surface area contributed by atoms with Gasteiger partial charge in [-0.15, -0.1) is 0 Å². The zero-order valence-corrected chi connectivity index (χ0v) is 17.4. The molecular weight excluding hydrogens is 385 g/mol. The number of amides is 2. The molecule has 1 saturated heterocycles. The van der Waals surface area contributed by atoms with Gasteiger partial charge in [0.15, 0.2) is 0 Å². The Balaban J connectivity index is 1.66. The summed E-state index contributed by atoms with van der Waals surface area (Å²) in [6.07, 6.45) is 0.596. The highest BCUT2D eigenvalue weighted by molar-refractivity contribution is 5.94. The second-order valence-corrected chi connectivity index (χ2v) is 7.55. The van der Waals surface area contributed by atoms with E-state index in [0.717, 1.165) is 5.56 Å². The van der Waals surface area contributed by atoms with Crippen LogP contribution in [0.5, 0.6) is 0 Å². The summed E-state index contributed by atoms with van der Waals surface area (Å²) >= 11 is 0. The second-order valence-electron chi connectivity index (χ2n) is 7.55. The molecule has 160 valence electrons. The number of nitrogens with zero attached hydrogens (tertiary/aromatic N) is 2. The maximum Gasteiger partial charge on any atom is 0.253 e. The molecule has 7 heteroatoms. The second kappa shape index (κ2) is 10.3. The topological polar surface area (TPSA) is 61.9 Å². The van der Waals surface area contributed by atoms with E-state index in [1.807, 2.05) is 23.1 Å². The smallest absolute Gasteiger partial charge is 0.253 e. The van der Waals surface area contributed by atoms with Gasteiger partial charge in [-0.05, 0) is 41.8 Å². The lowest BCUT2D eigenvalue weighted by Gasteiger charge is -2.33. The van der Waals surface area contributed by atoms with E-state index >= 15 is 0 Å². The molecule has 1 fully saturated rings. The Labute approximate surface area is 176 Å². The van der Waals surface area contributed by atoms with Gasteiger partial charge < -0.3 is 15.0 Å². The van der Waals surface area contributed by atoms with E-state index < -0.39 is 6.04 Å².